The molecular formula is C11H20O6. The largest absolute Gasteiger partial charge is 0.379 e. The van der Waals surface area contributed by atoms with Crippen LogP contribution in [0, 0.1) is 0 Å². The lowest BCUT2D eigenvalue weighted by atomic mass is 10.5. The smallest absolute Gasteiger partial charge is 0.181 e. The second kappa shape index (κ2) is 10.6. The second-order valence-electron chi connectivity index (χ2n) is 3.43. The van der Waals surface area contributed by atoms with Crippen molar-refractivity contribution in [3.63, 3.8) is 0 Å². The topological polar surface area (TPSA) is 63.2 Å². The minimum Gasteiger partial charge on any atom is -0.379 e. The van der Waals surface area contributed by atoms with Gasteiger partial charge in [-0.25, -0.2) is 0 Å². The van der Waals surface area contributed by atoms with Crippen LogP contribution in [-0.2, 0) is 28.5 Å². The van der Waals surface area contributed by atoms with Crippen LogP contribution in [0.25, 0.3) is 0 Å². The van der Waals surface area contributed by atoms with E-state index in [0.717, 1.165) is 6.29 Å². The molecule has 0 spiro atoms. The Morgan fingerprint density at radius 3 is 2.18 bits per heavy atom. The maximum atomic E-state index is 9.97. The number of rotatable bonds is 11. The molecule has 17 heavy (non-hydrogen) atoms. The van der Waals surface area contributed by atoms with Gasteiger partial charge in [-0.1, -0.05) is 0 Å². The summed E-state index contributed by atoms with van der Waals surface area (Å²) in [5, 5.41) is 0. The molecule has 0 radical (unpaired) electrons. The zero-order valence-electron chi connectivity index (χ0n) is 9.97. The minimum atomic E-state index is -0.221. The lowest BCUT2D eigenvalue weighted by Gasteiger charge is -2.09. The van der Waals surface area contributed by atoms with Crippen LogP contribution < -0.4 is 0 Å². The molecule has 0 N–H and O–H groups in total. The number of carbonyl (C=O) groups is 1. The summed E-state index contributed by atoms with van der Waals surface area (Å²) in [7, 11) is 0. The average molecular weight is 248 g/mol. The van der Waals surface area contributed by atoms with Gasteiger partial charge in [-0.3, -0.25) is 0 Å². The monoisotopic (exact) mass is 248 g/mol. The summed E-state index contributed by atoms with van der Waals surface area (Å²) in [6.45, 7) is 4.23. The van der Waals surface area contributed by atoms with Crippen molar-refractivity contribution < 1.29 is 28.5 Å². The van der Waals surface area contributed by atoms with Crippen LogP contribution in [0.5, 0.6) is 0 Å². The third-order valence-corrected chi connectivity index (χ3v) is 2.07. The van der Waals surface area contributed by atoms with E-state index in [-0.39, 0.29) is 6.29 Å². The van der Waals surface area contributed by atoms with Gasteiger partial charge in [0.2, 0.25) is 0 Å². The number of carbonyl (C=O) groups excluding carboxylic acids is 1. The number of hydrogen-bond donors (Lipinski definition) is 0. The van der Waals surface area contributed by atoms with E-state index >= 15 is 0 Å². The van der Waals surface area contributed by atoms with Crippen molar-refractivity contribution in [2.45, 2.75) is 12.7 Å². The molecule has 1 aliphatic rings. The first-order valence-electron chi connectivity index (χ1n) is 5.83. The van der Waals surface area contributed by atoms with E-state index in [0.29, 0.717) is 59.3 Å². The lowest BCUT2D eigenvalue weighted by Crippen LogP contribution is -2.18. The van der Waals surface area contributed by atoms with Gasteiger partial charge in [0.1, 0.15) is 6.29 Å². The van der Waals surface area contributed by atoms with E-state index in [1.807, 2.05) is 0 Å². The first-order valence-corrected chi connectivity index (χ1v) is 5.83. The Kier molecular flexibility index (Phi) is 9.07. The van der Waals surface area contributed by atoms with Crippen LogP contribution in [0.3, 0.4) is 0 Å². The molecule has 1 saturated heterocycles. The normalized spacial score (nSPS) is 16.5. The van der Waals surface area contributed by atoms with E-state index in [2.05, 4.69) is 0 Å². The molecule has 0 aromatic carbocycles. The van der Waals surface area contributed by atoms with Crippen molar-refractivity contribution in [1.29, 1.82) is 0 Å². The van der Waals surface area contributed by atoms with Crippen LogP contribution in [-0.4, -0.2) is 65.4 Å². The van der Waals surface area contributed by atoms with Gasteiger partial charge in [-0.15, -0.1) is 0 Å². The number of aldehydes is 1. The first kappa shape index (κ1) is 14.5. The highest BCUT2D eigenvalue weighted by molar-refractivity contribution is 5.49. The molecule has 1 rings (SSSR count). The zero-order valence-corrected chi connectivity index (χ0v) is 9.97. The summed E-state index contributed by atoms with van der Waals surface area (Å²) in [4.78, 5) is 9.97. The fraction of sp³-hybridized carbons (Fsp3) is 0.909. The highest BCUT2D eigenvalue weighted by Crippen LogP contribution is 2.03. The van der Waals surface area contributed by atoms with Crippen LogP contribution in [0.4, 0.5) is 0 Å². The molecule has 1 aliphatic heterocycles. The standard InChI is InChI=1S/C11H20O6/c12-2-1-3-13-4-5-14-6-7-15-10-11-16-8-9-17-11/h2,11H,1,3-10H2. The molecule has 100 valence electrons. The number of ether oxygens (including phenoxy) is 5. The average Bonchev–Trinajstić information content (AvgIpc) is 2.85. The van der Waals surface area contributed by atoms with Crippen LogP contribution >= 0.6 is 0 Å². The van der Waals surface area contributed by atoms with Gasteiger partial charge in [0.05, 0.1) is 52.9 Å². The predicted octanol–water partition coefficient (Wildman–Crippen LogP) is -0.00190. The number of hydrogen-bond acceptors (Lipinski definition) is 6. The van der Waals surface area contributed by atoms with Gasteiger partial charge >= 0.3 is 0 Å². The van der Waals surface area contributed by atoms with Crippen molar-refractivity contribution in [3.05, 3.63) is 0 Å². The Labute approximate surface area is 101 Å². The van der Waals surface area contributed by atoms with Gasteiger partial charge in [-0.05, 0) is 0 Å². The molecule has 0 aromatic rings. The SMILES string of the molecule is O=CCCOCCOCCOCC1OCCO1. The molecule has 0 aromatic heterocycles. The summed E-state index contributed by atoms with van der Waals surface area (Å²) < 4.78 is 26.1. The summed E-state index contributed by atoms with van der Waals surface area (Å²) >= 11 is 0. The van der Waals surface area contributed by atoms with Gasteiger partial charge < -0.3 is 28.5 Å². The Morgan fingerprint density at radius 2 is 1.53 bits per heavy atom. The Bertz CT molecular complexity index is 181. The molecule has 0 aliphatic carbocycles. The van der Waals surface area contributed by atoms with Crippen LogP contribution in [0.1, 0.15) is 6.42 Å². The second-order valence-corrected chi connectivity index (χ2v) is 3.43. The van der Waals surface area contributed by atoms with Gasteiger partial charge in [0.15, 0.2) is 6.29 Å². The maximum absolute atomic E-state index is 9.97. The Balaban J connectivity index is 1.70. The van der Waals surface area contributed by atoms with Gasteiger partial charge in [0, 0.05) is 6.42 Å². The van der Waals surface area contributed by atoms with E-state index in [1.54, 1.807) is 0 Å². The molecule has 0 unspecified atom stereocenters. The first-order chi connectivity index (χ1) is 8.43. The van der Waals surface area contributed by atoms with E-state index in [4.69, 9.17) is 23.7 Å². The van der Waals surface area contributed by atoms with Crippen LogP contribution in [0.2, 0.25) is 0 Å². The molecule has 1 heterocycles. The molecule has 0 atom stereocenters. The van der Waals surface area contributed by atoms with E-state index in [1.165, 1.54) is 0 Å². The van der Waals surface area contributed by atoms with E-state index in [9.17, 15) is 4.79 Å². The summed E-state index contributed by atoms with van der Waals surface area (Å²) in [6.07, 6.45) is 1.05. The molecule has 6 heteroatoms. The molecule has 1 fully saturated rings. The molecule has 6 nitrogen and oxygen atoms in total. The maximum Gasteiger partial charge on any atom is 0.181 e. The Morgan fingerprint density at radius 1 is 0.941 bits per heavy atom. The quantitative estimate of drug-likeness (QED) is 0.379. The highest BCUT2D eigenvalue weighted by atomic mass is 16.7. The van der Waals surface area contributed by atoms with Gasteiger partial charge in [-0.2, -0.15) is 0 Å². The fourth-order valence-corrected chi connectivity index (χ4v) is 1.25. The van der Waals surface area contributed by atoms with Crippen molar-refractivity contribution in [3.8, 4) is 0 Å². The van der Waals surface area contributed by atoms with Crippen molar-refractivity contribution >= 4 is 6.29 Å². The molecule has 0 bridgehead atoms. The zero-order chi connectivity index (χ0) is 12.2. The van der Waals surface area contributed by atoms with Gasteiger partial charge in [0.25, 0.3) is 0 Å². The third kappa shape index (κ3) is 8.23. The fourth-order valence-electron chi connectivity index (χ4n) is 1.25. The minimum absolute atomic E-state index is 0.221. The lowest BCUT2D eigenvalue weighted by molar-refractivity contribution is -0.109. The highest BCUT2D eigenvalue weighted by Gasteiger charge is 2.15. The van der Waals surface area contributed by atoms with Crippen molar-refractivity contribution in [1.82, 2.24) is 0 Å². The summed E-state index contributed by atoms with van der Waals surface area (Å²) in [5.41, 5.74) is 0. The Hall–Kier alpha value is -0.530. The molecule has 0 saturated carbocycles. The van der Waals surface area contributed by atoms with Crippen molar-refractivity contribution in [2.24, 2.45) is 0 Å². The van der Waals surface area contributed by atoms with Crippen molar-refractivity contribution in [2.75, 3.05) is 52.9 Å². The van der Waals surface area contributed by atoms with E-state index < -0.39 is 0 Å². The predicted molar refractivity (Wildman–Crippen MR) is 58.8 cm³/mol. The third-order valence-electron chi connectivity index (χ3n) is 2.07. The summed E-state index contributed by atoms with van der Waals surface area (Å²) in [5.74, 6) is 0. The molecular weight excluding hydrogens is 228 g/mol. The van der Waals surface area contributed by atoms with Crippen LogP contribution in [0.15, 0.2) is 0 Å². The summed E-state index contributed by atoms with van der Waals surface area (Å²) in [6, 6.07) is 0. The molecule has 0 amide bonds.